The normalized spacial score (nSPS) is 26.6. The molecule has 0 aromatic heterocycles. The van der Waals surface area contributed by atoms with E-state index in [1.807, 2.05) is 30.3 Å². The van der Waals surface area contributed by atoms with E-state index >= 15 is 0 Å². The SMILES string of the molecule is CCCN1CCC2(CCCN(CCOc3ccccc3)C2)C1. The van der Waals surface area contributed by atoms with Crippen LogP contribution in [0.5, 0.6) is 5.75 Å². The lowest BCUT2D eigenvalue weighted by molar-refractivity contribution is 0.0811. The Balaban J connectivity index is 1.45. The summed E-state index contributed by atoms with van der Waals surface area (Å²) in [6.07, 6.45) is 5.45. The molecule has 122 valence electrons. The maximum absolute atomic E-state index is 5.87. The lowest BCUT2D eigenvalue weighted by Gasteiger charge is -2.40. The zero-order valence-electron chi connectivity index (χ0n) is 14.0. The molecule has 0 aliphatic carbocycles. The number of piperidine rings is 1. The third kappa shape index (κ3) is 4.02. The molecule has 3 nitrogen and oxygen atoms in total. The zero-order valence-corrected chi connectivity index (χ0v) is 14.0. The minimum Gasteiger partial charge on any atom is -0.492 e. The van der Waals surface area contributed by atoms with Gasteiger partial charge in [-0.2, -0.15) is 0 Å². The number of nitrogens with zero attached hydrogens (tertiary/aromatic N) is 2. The van der Waals surface area contributed by atoms with Gasteiger partial charge in [0.05, 0.1) is 0 Å². The number of benzene rings is 1. The minimum atomic E-state index is 0.570. The van der Waals surface area contributed by atoms with Gasteiger partial charge in [0.25, 0.3) is 0 Å². The second kappa shape index (κ2) is 7.47. The molecule has 1 atom stereocenters. The lowest BCUT2D eigenvalue weighted by Crippen LogP contribution is -2.46. The molecule has 0 bridgehead atoms. The van der Waals surface area contributed by atoms with Crippen molar-refractivity contribution in [3.63, 3.8) is 0 Å². The van der Waals surface area contributed by atoms with E-state index in [4.69, 9.17) is 4.74 Å². The molecule has 0 radical (unpaired) electrons. The van der Waals surface area contributed by atoms with Gasteiger partial charge in [0.15, 0.2) is 0 Å². The Morgan fingerprint density at radius 3 is 2.55 bits per heavy atom. The fourth-order valence-corrected chi connectivity index (χ4v) is 4.18. The summed E-state index contributed by atoms with van der Waals surface area (Å²) in [5.74, 6) is 0.990. The van der Waals surface area contributed by atoms with Crippen LogP contribution in [0.15, 0.2) is 30.3 Å². The van der Waals surface area contributed by atoms with Crippen molar-refractivity contribution in [3.8, 4) is 5.75 Å². The number of rotatable bonds is 6. The summed E-state index contributed by atoms with van der Waals surface area (Å²) in [5, 5.41) is 0. The van der Waals surface area contributed by atoms with E-state index in [9.17, 15) is 0 Å². The van der Waals surface area contributed by atoms with Crippen molar-refractivity contribution in [2.75, 3.05) is 45.9 Å². The van der Waals surface area contributed by atoms with Crippen molar-refractivity contribution in [1.29, 1.82) is 0 Å². The summed E-state index contributed by atoms with van der Waals surface area (Å²) in [6.45, 7) is 10.6. The van der Waals surface area contributed by atoms with Gasteiger partial charge >= 0.3 is 0 Å². The molecule has 1 aromatic rings. The van der Waals surface area contributed by atoms with Gasteiger partial charge in [-0.25, -0.2) is 0 Å². The van der Waals surface area contributed by atoms with Crippen molar-refractivity contribution < 1.29 is 4.74 Å². The van der Waals surface area contributed by atoms with Gasteiger partial charge in [0, 0.05) is 19.6 Å². The third-order valence-electron chi connectivity index (χ3n) is 5.22. The predicted octanol–water partition coefficient (Wildman–Crippen LogP) is 3.26. The lowest BCUT2D eigenvalue weighted by atomic mass is 9.79. The molecule has 2 heterocycles. The monoisotopic (exact) mass is 302 g/mol. The molecular weight excluding hydrogens is 272 g/mol. The van der Waals surface area contributed by atoms with Crippen LogP contribution in [0.25, 0.3) is 0 Å². The van der Waals surface area contributed by atoms with E-state index in [2.05, 4.69) is 16.7 Å². The summed E-state index contributed by atoms with van der Waals surface area (Å²) < 4.78 is 5.87. The van der Waals surface area contributed by atoms with Crippen molar-refractivity contribution in [1.82, 2.24) is 9.80 Å². The van der Waals surface area contributed by atoms with Gasteiger partial charge in [-0.3, -0.25) is 4.90 Å². The Hall–Kier alpha value is -1.06. The maximum atomic E-state index is 5.87. The van der Waals surface area contributed by atoms with Crippen LogP contribution in [0, 0.1) is 5.41 Å². The second-order valence-corrected chi connectivity index (χ2v) is 7.07. The largest absolute Gasteiger partial charge is 0.492 e. The van der Waals surface area contributed by atoms with Gasteiger partial charge in [-0.05, 0) is 62.9 Å². The molecule has 3 rings (SSSR count). The average Bonchev–Trinajstić information content (AvgIpc) is 2.91. The highest BCUT2D eigenvalue weighted by Gasteiger charge is 2.40. The Kier molecular flexibility index (Phi) is 5.37. The van der Waals surface area contributed by atoms with Crippen LogP contribution in [0.4, 0.5) is 0 Å². The summed E-state index contributed by atoms with van der Waals surface area (Å²) in [7, 11) is 0. The minimum absolute atomic E-state index is 0.570. The topological polar surface area (TPSA) is 15.7 Å². The molecule has 0 N–H and O–H groups in total. The van der Waals surface area contributed by atoms with Gasteiger partial charge in [0.2, 0.25) is 0 Å². The molecule has 3 heteroatoms. The Labute approximate surface area is 135 Å². The highest BCUT2D eigenvalue weighted by Crippen LogP contribution is 2.38. The summed E-state index contributed by atoms with van der Waals surface area (Å²) in [5.41, 5.74) is 0.570. The van der Waals surface area contributed by atoms with Crippen molar-refractivity contribution in [2.45, 2.75) is 32.6 Å². The molecule has 2 saturated heterocycles. The molecule has 1 aromatic carbocycles. The molecule has 2 fully saturated rings. The summed E-state index contributed by atoms with van der Waals surface area (Å²) in [6, 6.07) is 10.2. The van der Waals surface area contributed by atoms with Gasteiger partial charge < -0.3 is 9.64 Å². The van der Waals surface area contributed by atoms with Crippen LogP contribution >= 0.6 is 0 Å². The summed E-state index contributed by atoms with van der Waals surface area (Å²) >= 11 is 0. The Morgan fingerprint density at radius 2 is 1.77 bits per heavy atom. The number of hydrogen-bond donors (Lipinski definition) is 0. The molecule has 0 saturated carbocycles. The first-order valence-electron chi connectivity index (χ1n) is 8.92. The van der Waals surface area contributed by atoms with Gasteiger partial charge in [0.1, 0.15) is 12.4 Å². The van der Waals surface area contributed by atoms with Crippen LogP contribution in [0.3, 0.4) is 0 Å². The standard InChI is InChI=1S/C19H30N2O/c1-2-11-20-13-10-19(16-20)9-6-12-21(17-19)14-15-22-18-7-4-3-5-8-18/h3-5,7-8H,2,6,9-17H2,1H3. The smallest absolute Gasteiger partial charge is 0.119 e. The van der Waals surface area contributed by atoms with E-state index in [0.29, 0.717) is 5.41 Å². The van der Waals surface area contributed by atoms with Crippen LogP contribution in [0.2, 0.25) is 0 Å². The van der Waals surface area contributed by atoms with Gasteiger partial charge in [-0.15, -0.1) is 0 Å². The molecule has 0 amide bonds. The van der Waals surface area contributed by atoms with E-state index in [1.165, 1.54) is 58.4 Å². The fraction of sp³-hybridized carbons (Fsp3) is 0.684. The van der Waals surface area contributed by atoms with E-state index in [1.54, 1.807) is 0 Å². The molecule has 2 aliphatic heterocycles. The van der Waals surface area contributed by atoms with Crippen LogP contribution in [-0.2, 0) is 0 Å². The first kappa shape index (κ1) is 15.8. The van der Waals surface area contributed by atoms with E-state index in [-0.39, 0.29) is 0 Å². The van der Waals surface area contributed by atoms with Gasteiger partial charge in [-0.1, -0.05) is 25.1 Å². The molecule has 1 unspecified atom stereocenters. The van der Waals surface area contributed by atoms with E-state index in [0.717, 1.165) is 18.9 Å². The number of para-hydroxylation sites is 1. The highest BCUT2D eigenvalue weighted by atomic mass is 16.5. The highest BCUT2D eigenvalue weighted by molar-refractivity contribution is 5.20. The van der Waals surface area contributed by atoms with Crippen LogP contribution in [0.1, 0.15) is 32.6 Å². The fourth-order valence-electron chi connectivity index (χ4n) is 4.18. The average molecular weight is 302 g/mol. The first-order valence-corrected chi connectivity index (χ1v) is 8.92. The number of ether oxygens (including phenoxy) is 1. The molecular formula is C19H30N2O. The summed E-state index contributed by atoms with van der Waals surface area (Å²) in [4.78, 5) is 5.30. The maximum Gasteiger partial charge on any atom is 0.119 e. The first-order chi connectivity index (χ1) is 10.8. The zero-order chi connectivity index (χ0) is 15.3. The Bertz CT molecular complexity index is 450. The van der Waals surface area contributed by atoms with Crippen molar-refractivity contribution in [2.24, 2.45) is 5.41 Å². The van der Waals surface area contributed by atoms with Crippen molar-refractivity contribution >= 4 is 0 Å². The quantitative estimate of drug-likeness (QED) is 0.802. The third-order valence-corrected chi connectivity index (χ3v) is 5.22. The second-order valence-electron chi connectivity index (χ2n) is 7.07. The van der Waals surface area contributed by atoms with Crippen LogP contribution in [-0.4, -0.2) is 55.7 Å². The van der Waals surface area contributed by atoms with Crippen LogP contribution < -0.4 is 4.74 Å². The van der Waals surface area contributed by atoms with E-state index < -0.39 is 0 Å². The molecule has 1 spiro atoms. The molecule has 2 aliphatic rings. The predicted molar refractivity (Wildman–Crippen MR) is 91.4 cm³/mol. The molecule has 22 heavy (non-hydrogen) atoms. The Morgan fingerprint density at radius 1 is 1.00 bits per heavy atom. The van der Waals surface area contributed by atoms with Crippen molar-refractivity contribution in [3.05, 3.63) is 30.3 Å². The number of likely N-dealkylation sites (tertiary alicyclic amines) is 2. The number of hydrogen-bond acceptors (Lipinski definition) is 3.